The van der Waals surface area contributed by atoms with Gasteiger partial charge in [-0.15, -0.1) is 0 Å². The Bertz CT molecular complexity index is 695. The predicted molar refractivity (Wildman–Crippen MR) is 76.6 cm³/mol. The molecule has 1 aromatic heterocycles. The molecule has 0 saturated heterocycles. The van der Waals surface area contributed by atoms with E-state index in [1.807, 2.05) is 0 Å². The lowest BCUT2D eigenvalue weighted by molar-refractivity contribution is 0.403. The number of halogens is 1. The summed E-state index contributed by atoms with van der Waals surface area (Å²) in [4.78, 5) is 0. The number of sulfonamides is 1. The van der Waals surface area contributed by atoms with Gasteiger partial charge in [-0.25, -0.2) is 17.5 Å². The summed E-state index contributed by atoms with van der Waals surface area (Å²) in [5, 5.41) is 2.74. The molecule has 1 aromatic carbocycles. The average molecular weight is 312 g/mol. The van der Waals surface area contributed by atoms with Gasteiger partial charge in [0.05, 0.1) is 6.54 Å². The summed E-state index contributed by atoms with van der Waals surface area (Å²) in [6.07, 6.45) is 0. The lowest BCUT2D eigenvalue weighted by atomic mass is 10.1. The molecule has 2 aromatic rings. The highest BCUT2D eigenvalue weighted by atomic mass is 32.2. The molecule has 0 aliphatic heterocycles. The van der Waals surface area contributed by atoms with Gasteiger partial charge in [-0.3, -0.25) is 0 Å². The van der Waals surface area contributed by atoms with Crippen molar-refractivity contribution >= 4 is 10.0 Å². The van der Waals surface area contributed by atoms with Gasteiger partial charge in [-0.2, -0.15) is 0 Å². The van der Waals surface area contributed by atoms with Crippen molar-refractivity contribution in [2.75, 3.05) is 7.05 Å². The molecular weight excluding hydrogens is 295 g/mol. The third-order valence-corrected chi connectivity index (χ3v) is 4.37. The van der Waals surface area contributed by atoms with Crippen LogP contribution in [0.2, 0.25) is 0 Å². The van der Waals surface area contributed by atoms with Crippen molar-refractivity contribution in [1.29, 1.82) is 0 Å². The minimum absolute atomic E-state index is 0.137. The summed E-state index contributed by atoms with van der Waals surface area (Å²) in [5.74, 6) is 0.170. The van der Waals surface area contributed by atoms with E-state index in [0.717, 1.165) is 0 Å². The normalized spacial score (nSPS) is 13.3. The highest BCUT2D eigenvalue weighted by molar-refractivity contribution is 7.89. The Kier molecular flexibility index (Phi) is 4.76. The van der Waals surface area contributed by atoms with Gasteiger partial charge in [0, 0.05) is 6.04 Å². The van der Waals surface area contributed by atoms with Crippen molar-refractivity contribution in [3.05, 3.63) is 53.5 Å². The Morgan fingerprint density at radius 2 is 1.86 bits per heavy atom. The van der Waals surface area contributed by atoms with Crippen LogP contribution < -0.4 is 10.0 Å². The van der Waals surface area contributed by atoms with E-state index in [0.29, 0.717) is 17.9 Å². The molecule has 0 radical (unpaired) electrons. The zero-order valence-electron chi connectivity index (χ0n) is 11.8. The Labute approximate surface area is 123 Å². The highest BCUT2D eigenvalue weighted by Crippen LogP contribution is 2.19. The zero-order valence-corrected chi connectivity index (χ0v) is 12.6. The summed E-state index contributed by atoms with van der Waals surface area (Å²) in [6, 6.07) is 8.18. The summed E-state index contributed by atoms with van der Waals surface area (Å²) in [6.45, 7) is 2.13. The van der Waals surface area contributed by atoms with Crippen LogP contribution in [-0.4, -0.2) is 15.5 Å². The molecule has 2 rings (SSSR count). The van der Waals surface area contributed by atoms with Crippen LogP contribution in [0, 0.1) is 5.82 Å². The zero-order chi connectivity index (χ0) is 15.5. The predicted octanol–water partition coefficient (Wildman–Crippen LogP) is 2.18. The molecule has 2 N–H and O–H groups in total. The second-order valence-corrected chi connectivity index (χ2v) is 6.29. The molecule has 0 bridgehead atoms. The number of nitrogens with one attached hydrogen (secondary N) is 2. The fraction of sp³-hybridized carbons (Fsp3) is 0.286. The van der Waals surface area contributed by atoms with Crippen LogP contribution in [0.5, 0.6) is 0 Å². The van der Waals surface area contributed by atoms with Crippen LogP contribution in [-0.2, 0) is 16.6 Å². The standard InChI is InChI=1S/C14H17FN2O3S/c1-10(11-3-5-12(15)6-4-11)17-21(18,19)14-8-7-13(20-14)9-16-2/h3-8,10,16-17H,9H2,1-2H3. The van der Waals surface area contributed by atoms with Gasteiger partial charge in [-0.05, 0) is 43.8 Å². The molecule has 0 amide bonds. The molecule has 0 saturated carbocycles. The lowest BCUT2D eigenvalue weighted by Gasteiger charge is -2.13. The first kappa shape index (κ1) is 15.7. The van der Waals surface area contributed by atoms with E-state index in [9.17, 15) is 12.8 Å². The third-order valence-electron chi connectivity index (χ3n) is 2.95. The fourth-order valence-electron chi connectivity index (χ4n) is 1.88. The molecule has 0 aliphatic carbocycles. The maximum Gasteiger partial charge on any atom is 0.274 e. The van der Waals surface area contributed by atoms with Crippen LogP contribution in [0.25, 0.3) is 0 Å². The highest BCUT2D eigenvalue weighted by Gasteiger charge is 2.22. The minimum atomic E-state index is -3.75. The van der Waals surface area contributed by atoms with Crippen molar-refractivity contribution in [2.45, 2.75) is 24.6 Å². The van der Waals surface area contributed by atoms with Crippen molar-refractivity contribution in [3.8, 4) is 0 Å². The molecular formula is C14H17FN2O3S. The van der Waals surface area contributed by atoms with Crippen LogP contribution in [0.3, 0.4) is 0 Å². The monoisotopic (exact) mass is 312 g/mol. The van der Waals surface area contributed by atoms with Crippen LogP contribution in [0.4, 0.5) is 4.39 Å². The maximum absolute atomic E-state index is 12.9. The summed E-state index contributed by atoms with van der Waals surface area (Å²) in [5.41, 5.74) is 0.668. The SMILES string of the molecule is CNCc1ccc(S(=O)(=O)NC(C)c2ccc(F)cc2)o1. The van der Waals surface area contributed by atoms with E-state index in [4.69, 9.17) is 4.42 Å². The molecule has 21 heavy (non-hydrogen) atoms. The Morgan fingerprint density at radius 1 is 1.19 bits per heavy atom. The molecule has 0 aliphatic rings. The summed E-state index contributed by atoms with van der Waals surface area (Å²) < 4.78 is 45.0. The number of hydrogen-bond acceptors (Lipinski definition) is 4. The lowest BCUT2D eigenvalue weighted by Crippen LogP contribution is -2.26. The van der Waals surface area contributed by atoms with Crippen molar-refractivity contribution in [3.63, 3.8) is 0 Å². The number of rotatable bonds is 6. The van der Waals surface area contributed by atoms with E-state index in [1.54, 1.807) is 20.0 Å². The topological polar surface area (TPSA) is 71.3 Å². The van der Waals surface area contributed by atoms with E-state index in [1.165, 1.54) is 30.3 Å². The Balaban J connectivity index is 2.14. The second-order valence-electron chi connectivity index (χ2n) is 4.65. The summed E-state index contributed by atoms with van der Waals surface area (Å²) in [7, 11) is -2.01. The van der Waals surface area contributed by atoms with Crippen molar-refractivity contribution in [2.24, 2.45) is 0 Å². The minimum Gasteiger partial charge on any atom is -0.447 e. The van der Waals surface area contributed by atoms with E-state index < -0.39 is 16.1 Å². The van der Waals surface area contributed by atoms with Gasteiger partial charge in [0.15, 0.2) is 0 Å². The average Bonchev–Trinajstić information content (AvgIpc) is 2.89. The summed E-state index contributed by atoms with van der Waals surface area (Å²) >= 11 is 0. The second kappa shape index (κ2) is 6.38. The van der Waals surface area contributed by atoms with Crippen LogP contribution in [0.15, 0.2) is 45.9 Å². The number of furan rings is 1. The first-order valence-corrected chi connectivity index (χ1v) is 7.92. The third kappa shape index (κ3) is 3.90. The van der Waals surface area contributed by atoms with Gasteiger partial charge >= 0.3 is 0 Å². The first-order chi connectivity index (χ1) is 9.92. The van der Waals surface area contributed by atoms with Gasteiger partial charge in [0.1, 0.15) is 11.6 Å². The quantitative estimate of drug-likeness (QED) is 0.857. The van der Waals surface area contributed by atoms with Gasteiger partial charge in [0.2, 0.25) is 5.09 Å². The van der Waals surface area contributed by atoms with Crippen LogP contribution >= 0.6 is 0 Å². The molecule has 1 atom stereocenters. The largest absolute Gasteiger partial charge is 0.447 e. The Hall–Kier alpha value is -1.70. The smallest absolute Gasteiger partial charge is 0.274 e. The first-order valence-electron chi connectivity index (χ1n) is 6.43. The van der Waals surface area contributed by atoms with Gasteiger partial charge < -0.3 is 9.73 Å². The van der Waals surface area contributed by atoms with Crippen molar-refractivity contribution in [1.82, 2.24) is 10.0 Å². The molecule has 0 fully saturated rings. The molecule has 7 heteroatoms. The Morgan fingerprint density at radius 3 is 2.48 bits per heavy atom. The number of benzene rings is 1. The maximum atomic E-state index is 12.9. The van der Waals surface area contributed by atoms with Gasteiger partial charge in [0.25, 0.3) is 10.0 Å². The van der Waals surface area contributed by atoms with Crippen molar-refractivity contribution < 1.29 is 17.2 Å². The van der Waals surface area contributed by atoms with E-state index in [-0.39, 0.29) is 10.9 Å². The molecule has 114 valence electrons. The fourth-order valence-corrected chi connectivity index (χ4v) is 3.06. The van der Waals surface area contributed by atoms with Gasteiger partial charge in [-0.1, -0.05) is 12.1 Å². The molecule has 5 nitrogen and oxygen atoms in total. The molecule has 0 spiro atoms. The van der Waals surface area contributed by atoms with E-state index in [2.05, 4.69) is 10.0 Å². The molecule has 1 heterocycles. The number of hydrogen-bond donors (Lipinski definition) is 2. The van der Waals surface area contributed by atoms with E-state index >= 15 is 0 Å². The van der Waals surface area contributed by atoms with Crippen LogP contribution in [0.1, 0.15) is 24.3 Å². The molecule has 1 unspecified atom stereocenters.